The summed E-state index contributed by atoms with van der Waals surface area (Å²) in [5.74, 6) is -3.19. The highest BCUT2D eigenvalue weighted by Gasteiger charge is 2.61. The largest absolute Gasteiger partial charge is 0.457 e. The van der Waals surface area contributed by atoms with Crippen molar-refractivity contribution in [1.82, 2.24) is 0 Å². The van der Waals surface area contributed by atoms with Gasteiger partial charge in [0.05, 0.1) is 11.7 Å². The normalized spacial score (nSPS) is 39.0. The van der Waals surface area contributed by atoms with Gasteiger partial charge in [0, 0.05) is 35.8 Å². The third-order valence-corrected chi connectivity index (χ3v) is 8.60. The van der Waals surface area contributed by atoms with Gasteiger partial charge in [-0.05, 0) is 38.8 Å². The number of unbranched alkanes of at least 4 members (excludes halogenated alkanes) is 4. The summed E-state index contributed by atoms with van der Waals surface area (Å²) in [6.07, 6.45) is 0.546. The van der Waals surface area contributed by atoms with Crippen molar-refractivity contribution in [2.24, 2.45) is 11.3 Å². The van der Waals surface area contributed by atoms with Gasteiger partial charge in [0.1, 0.15) is 24.4 Å². The van der Waals surface area contributed by atoms with Crippen LogP contribution in [-0.2, 0) is 28.6 Å². The Kier molecular flexibility index (Phi) is 10.0. The quantitative estimate of drug-likeness (QED) is 0.149. The molecule has 0 aromatic heterocycles. The topological polar surface area (TPSA) is 160 Å². The van der Waals surface area contributed by atoms with Gasteiger partial charge in [-0.3, -0.25) is 9.59 Å². The van der Waals surface area contributed by atoms with Crippen LogP contribution < -0.4 is 0 Å². The van der Waals surface area contributed by atoms with Crippen molar-refractivity contribution in [2.75, 3.05) is 0 Å². The van der Waals surface area contributed by atoms with Crippen LogP contribution in [0.1, 0.15) is 80.1 Å². The molecule has 2 aliphatic carbocycles. The van der Waals surface area contributed by atoms with Crippen molar-refractivity contribution in [3.63, 3.8) is 0 Å². The number of hydrogen-bond donors (Lipinski definition) is 4. The van der Waals surface area contributed by atoms with Gasteiger partial charge in [-0.15, -0.1) is 0 Å². The molecule has 0 aromatic rings. The molecule has 2 unspecified atom stereocenters. The van der Waals surface area contributed by atoms with Crippen LogP contribution in [0.2, 0.25) is 0 Å². The van der Waals surface area contributed by atoms with E-state index in [0.29, 0.717) is 12.0 Å². The summed E-state index contributed by atoms with van der Waals surface area (Å²) in [6.45, 7) is 9.26. The van der Waals surface area contributed by atoms with E-state index in [2.05, 4.69) is 6.92 Å². The number of aliphatic hydroxyl groups excluding tert-OH is 3. The molecule has 0 fully saturated rings. The number of ether oxygens (including phenoxy) is 3. The van der Waals surface area contributed by atoms with Crippen LogP contribution in [0.5, 0.6) is 0 Å². The van der Waals surface area contributed by atoms with Gasteiger partial charge >= 0.3 is 17.9 Å². The van der Waals surface area contributed by atoms with Crippen LogP contribution in [0, 0.1) is 11.3 Å². The Morgan fingerprint density at radius 3 is 2.30 bits per heavy atom. The first-order valence-corrected chi connectivity index (χ1v) is 14.1. The third-order valence-electron chi connectivity index (χ3n) is 8.60. The van der Waals surface area contributed by atoms with Crippen molar-refractivity contribution < 1.29 is 49.0 Å². The minimum absolute atomic E-state index is 0.133. The summed E-state index contributed by atoms with van der Waals surface area (Å²) in [7, 11) is 0. The zero-order chi connectivity index (χ0) is 30.0. The molecule has 0 saturated heterocycles. The maximum atomic E-state index is 12.8. The fourth-order valence-electron chi connectivity index (χ4n) is 6.29. The maximum Gasteiger partial charge on any atom is 0.334 e. The van der Waals surface area contributed by atoms with Crippen LogP contribution in [0.3, 0.4) is 0 Å². The lowest BCUT2D eigenvalue weighted by atomic mass is 9.56. The summed E-state index contributed by atoms with van der Waals surface area (Å²) in [5, 5.41) is 45.6. The molecule has 4 N–H and O–H groups in total. The number of fused-ring (bicyclic) bond motifs is 2. The standard InChI is InChI=1S/C30H44O10/c1-7-8-9-10-11-12-21(33)40-24-16(2)15-19-22(17(3)28(36)39-19)25(38-18(4)31)26-29(5,27(35)23(24)34)14-13-20(32)30(26,6)37/h13-15,19-20,23-27,32,34-35,37H,7-12H2,1-6H3/b16-15-/t19-,20+,23+,24?,25?,26+,27-,29-,30+/m0/s1. The number of hydrogen-bond acceptors (Lipinski definition) is 10. The molecule has 10 heteroatoms. The molecule has 0 radical (unpaired) electrons. The number of rotatable bonds is 8. The monoisotopic (exact) mass is 564 g/mol. The van der Waals surface area contributed by atoms with Crippen LogP contribution in [0.25, 0.3) is 0 Å². The van der Waals surface area contributed by atoms with Crippen molar-refractivity contribution in [3.05, 3.63) is 34.9 Å². The van der Waals surface area contributed by atoms with E-state index in [0.717, 1.165) is 25.7 Å². The summed E-state index contributed by atoms with van der Waals surface area (Å²) in [4.78, 5) is 37.9. The SMILES string of the molecule is CCCCCCCC(=O)OC1/C(C)=C\[C@@H]2OC(=O)C(C)=C2C(OC(C)=O)[C@H]2[C@](C)(O)[C@H](O)C=C[C@]2(C)[C@@H](O)[C@@H]1O. The Bertz CT molecular complexity index is 1070. The van der Waals surface area contributed by atoms with Crippen molar-refractivity contribution in [1.29, 1.82) is 0 Å². The zero-order valence-electron chi connectivity index (χ0n) is 24.3. The first-order chi connectivity index (χ1) is 18.7. The first kappa shape index (κ1) is 32.0. The van der Waals surface area contributed by atoms with Crippen molar-refractivity contribution in [2.45, 2.75) is 122 Å². The van der Waals surface area contributed by atoms with E-state index in [1.807, 2.05) is 0 Å². The van der Waals surface area contributed by atoms with Crippen LogP contribution >= 0.6 is 0 Å². The lowest BCUT2D eigenvalue weighted by molar-refractivity contribution is -0.202. The molecule has 0 saturated carbocycles. The summed E-state index contributed by atoms with van der Waals surface area (Å²) < 4.78 is 17.0. The van der Waals surface area contributed by atoms with E-state index in [9.17, 15) is 34.8 Å². The molecule has 3 rings (SSSR count). The summed E-state index contributed by atoms with van der Waals surface area (Å²) in [5.41, 5.74) is -2.81. The lowest BCUT2D eigenvalue weighted by Gasteiger charge is -2.54. The Labute approximate surface area is 235 Å². The number of esters is 3. The molecule has 9 atom stereocenters. The average Bonchev–Trinajstić information content (AvgIpc) is 3.14. The second-order valence-electron chi connectivity index (χ2n) is 11.7. The smallest absolute Gasteiger partial charge is 0.334 e. The van der Waals surface area contributed by atoms with E-state index < -0.39 is 71.5 Å². The minimum atomic E-state index is -1.99. The Balaban J connectivity index is 2.14. The maximum absolute atomic E-state index is 12.8. The molecule has 0 bridgehead atoms. The van der Waals surface area contributed by atoms with Gasteiger partial charge in [0.2, 0.25) is 0 Å². The predicted molar refractivity (Wildman–Crippen MR) is 145 cm³/mol. The average molecular weight is 565 g/mol. The van der Waals surface area contributed by atoms with E-state index in [1.54, 1.807) is 13.8 Å². The molecule has 224 valence electrons. The Hall–Kier alpha value is -2.53. The summed E-state index contributed by atoms with van der Waals surface area (Å²) >= 11 is 0. The number of carbonyl (C=O) groups is 3. The van der Waals surface area contributed by atoms with Gasteiger partial charge in [-0.25, -0.2) is 4.79 Å². The first-order valence-electron chi connectivity index (χ1n) is 14.1. The second-order valence-corrected chi connectivity index (χ2v) is 11.7. The van der Waals surface area contributed by atoms with E-state index in [-0.39, 0.29) is 17.6 Å². The molecule has 3 aliphatic rings. The highest BCUT2D eigenvalue weighted by molar-refractivity contribution is 5.92. The highest BCUT2D eigenvalue weighted by atomic mass is 16.6. The van der Waals surface area contributed by atoms with E-state index >= 15 is 0 Å². The zero-order valence-corrected chi connectivity index (χ0v) is 24.3. The fraction of sp³-hybridized carbons (Fsp3) is 0.700. The van der Waals surface area contributed by atoms with E-state index in [4.69, 9.17) is 14.2 Å². The van der Waals surface area contributed by atoms with Gasteiger partial charge < -0.3 is 34.6 Å². The fourth-order valence-corrected chi connectivity index (χ4v) is 6.29. The van der Waals surface area contributed by atoms with Crippen LogP contribution in [-0.4, -0.2) is 80.6 Å². The van der Waals surface area contributed by atoms with Crippen LogP contribution in [0.4, 0.5) is 0 Å². The molecule has 0 aromatic carbocycles. The third kappa shape index (κ3) is 6.20. The molecular formula is C30H44O10. The Morgan fingerprint density at radius 2 is 1.68 bits per heavy atom. The molecule has 0 amide bonds. The minimum Gasteiger partial charge on any atom is -0.457 e. The van der Waals surface area contributed by atoms with Gasteiger partial charge in [0.25, 0.3) is 0 Å². The van der Waals surface area contributed by atoms with Gasteiger partial charge in [-0.2, -0.15) is 0 Å². The number of aliphatic hydroxyl groups is 4. The Morgan fingerprint density at radius 1 is 1.02 bits per heavy atom. The van der Waals surface area contributed by atoms with Gasteiger partial charge in [0.15, 0.2) is 6.10 Å². The predicted octanol–water partition coefficient (Wildman–Crippen LogP) is 2.42. The van der Waals surface area contributed by atoms with Gasteiger partial charge in [-0.1, -0.05) is 51.7 Å². The van der Waals surface area contributed by atoms with Crippen LogP contribution in [0.15, 0.2) is 34.9 Å². The summed E-state index contributed by atoms with van der Waals surface area (Å²) in [6, 6.07) is 0. The molecular weight excluding hydrogens is 520 g/mol. The molecule has 1 heterocycles. The van der Waals surface area contributed by atoms with Crippen molar-refractivity contribution in [3.8, 4) is 0 Å². The molecule has 10 nitrogen and oxygen atoms in total. The molecule has 40 heavy (non-hydrogen) atoms. The number of carbonyl (C=O) groups excluding carboxylic acids is 3. The second kappa shape index (κ2) is 12.5. The van der Waals surface area contributed by atoms with E-state index in [1.165, 1.54) is 39.0 Å². The molecule has 1 aliphatic heterocycles. The molecule has 0 spiro atoms. The van der Waals surface area contributed by atoms with Crippen molar-refractivity contribution >= 4 is 17.9 Å². The highest BCUT2D eigenvalue weighted by Crippen LogP contribution is 2.52. The lowest BCUT2D eigenvalue weighted by Crippen LogP contribution is -2.65.